The van der Waals surface area contributed by atoms with Crippen LogP contribution in [-0.2, 0) is 11.3 Å². The molecule has 3 rings (SSSR count). The fraction of sp³-hybridized carbons (Fsp3) is 0.227. The summed E-state index contributed by atoms with van der Waals surface area (Å²) in [5.74, 6) is 0.158. The van der Waals surface area contributed by atoms with E-state index in [0.717, 1.165) is 0 Å². The molecule has 0 aliphatic rings. The molecule has 2 N–H and O–H groups in total. The van der Waals surface area contributed by atoms with Crippen LogP contribution in [0.4, 0.5) is 26.6 Å². The van der Waals surface area contributed by atoms with Crippen molar-refractivity contribution in [1.82, 2.24) is 15.3 Å². The van der Waals surface area contributed by atoms with Gasteiger partial charge in [0.2, 0.25) is 5.95 Å². The van der Waals surface area contributed by atoms with Crippen LogP contribution in [0.3, 0.4) is 0 Å². The van der Waals surface area contributed by atoms with Gasteiger partial charge >= 0.3 is 6.03 Å². The number of halogens is 4. The summed E-state index contributed by atoms with van der Waals surface area (Å²) in [6, 6.07) is 9.73. The Hall–Kier alpha value is -2.65. The molecular formula is C22H21Cl3FN5O2. The van der Waals surface area contributed by atoms with Crippen LogP contribution in [0, 0.1) is 5.82 Å². The standard InChI is InChI=1S/C22H21Cl3FN5O2/c1-13(12-33-2)29-21-27-10-9-18(30-21)31(16-6-4-15(26)5-7-16)22(32)28-11-14-3-8-17(23)20(25)19(14)24/h3-10,13H,11-12H2,1-2H3,(H,28,32)(H,27,29,30). The molecule has 0 saturated carbocycles. The van der Waals surface area contributed by atoms with Gasteiger partial charge in [-0.2, -0.15) is 4.98 Å². The lowest BCUT2D eigenvalue weighted by molar-refractivity contribution is 0.190. The first-order valence-corrected chi connectivity index (χ1v) is 11.0. The highest BCUT2D eigenvalue weighted by molar-refractivity contribution is 6.48. The number of benzene rings is 2. The first-order valence-electron chi connectivity index (χ1n) is 9.84. The van der Waals surface area contributed by atoms with E-state index in [2.05, 4.69) is 20.6 Å². The van der Waals surface area contributed by atoms with Gasteiger partial charge in [0.05, 0.1) is 27.4 Å². The van der Waals surface area contributed by atoms with Gasteiger partial charge in [0.1, 0.15) is 11.6 Å². The highest BCUT2D eigenvalue weighted by atomic mass is 35.5. The van der Waals surface area contributed by atoms with Crippen molar-refractivity contribution < 1.29 is 13.9 Å². The molecule has 1 aromatic heterocycles. The molecule has 2 amide bonds. The maximum absolute atomic E-state index is 13.5. The lowest BCUT2D eigenvalue weighted by atomic mass is 10.2. The van der Waals surface area contributed by atoms with Crippen molar-refractivity contribution in [1.29, 1.82) is 0 Å². The van der Waals surface area contributed by atoms with Crippen molar-refractivity contribution in [2.75, 3.05) is 23.9 Å². The number of amides is 2. The number of carbonyl (C=O) groups excluding carboxylic acids is 1. The molecule has 0 radical (unpaired) electrons. The van der Waals surface area contributed by atoms with Crippen molar-refractivity contribution >= 4 is 58.3 Å². The number of rotatable bonds is 8. The Labute approximate surface area is 205 Å². The number of hydrogen-bond acceptors (Lipinski definition) is 5. The van der Waals surface area contributed by atoms with Gasteiger partial charge in [-0.05, 0) is 42.8 Å². The maximum atomic E-state index is 13.5. The number of nitrogens with one attached hydrogen (secondary N) is 2. The van der Waals surface area contributed by atoms with Crippen LogP contribution >= 0.6 is 34.8 Å². The minimum Gasteiger partial charge on any atom is -0.383 e. The Balaban J connectivity index is 1.88. The van der Waals surface area contributed by atoms with Crippen LogP contribution in [0.25, 0.3) is 0 Å². The predicted molar refractivity (Wildman–Crippen MR) is 129 cm³/mol. The summed E-state index contributed by atoms with van der Waals surface area (Å²) in [6.07, 6.45) is 1.52. The molecule has 0 saturated heterocycles. The number of anilines is 3. The van der Waals surface area contributed by atoms with E-state index < -0.39 is 11.8 Å². The first kappa shape index (κ1) is 25.0. The van der Waals surface area contributed by atoms with E-state index in [-0.39, 0.29) is 28.4 Å². The summed E-state index contributed by atoms with van der Waals surface area (Å²) in [5, 5.41) is 6.66. The van der Waals surface area contributed by atoms with E-state index in [1.807, 2.05) is 6.92 Å². The van der Waals surface area contributed by atoms with E-state index in [4.69, 9.17) is 39.5 Å². The smallest absolute Gasteiger partial charge is 0.327 e. The molecule has 33 heavy (non-hydrogen) atoms. The maximum Gasteiger partial charge on any atom is 0.327 e. The molecule has 11 heteroatoms. The van der Waals surface area contributed by atoms with Crippen molar-refractivity contribution in [2.45, 2.75) is 19.5 Å². The molecule has 1 unspecified atom stereocenters. The number of nitrogens with zero attached hydrogens (tertiary/aromatic N) is 3. The molecule has 174 valence electrons. The monoisotopic (exact) mass is 511 g/mol. The third-order valence-electron chi connectivity index (χ3n) is 4.50. The Morgan fingerprint density at radius 2 is 1.85 bits per heavy atom. The average Bonchev–Trinajstić information content (AvgIpc) is 2.79. The molecular weight excluding hydrogens is 492 g/mol. The highest BCUT2D eigenvalue weighted by Gasteiger charge is 2.21. The number of ether oxygens (including phenoxy) is 1. The second-order valence-corrected chi connectivity index (χ2v) is 8.21. The van der Waals surface area contributed by atoms with Crippen LogP contribution in [0.15, 0.2) is 48.7 Å². The Kier molecular flexibility index (Phi) is 8.68. The minimum absolute atomic E-state index is 0.0601. The summed E-state index contributed by atoms with van der Waals surface area (Å²) in [5.41, 5.74) is 0.987. The van der Waals surface area contributed by atoms with E-state index >= 15 is 0 Å². The SMILES string of the molecule is COCC(C)Nc1nccc(N(C(=O)NCc2ccc(Cl)c(Cl)c2Cl)c2ccc(F)cc2)n1. The van der Waals surface area contributed by atoms with Gasteiger partial charge < -0.3 is 15.4 Å². The predicted octanol–water partition coefficient (Wildman–Crippen LogP) is 6.07. The van der Waals surface area contributed by atoms with Crippen LogP contribution < -0.4 is 15.5 Å². The van der Waals surface area contributed by atoms with Crippen LogP contribution in [0.2, 0.25) is 15.1 Å². The van der Waals surface area contributed by atoms with Crippen LogP contribution in [0.5, 0.6) is 0 Å². The third-order valence-corrected chi connectivity index (χ3v) is 5.83. The summed E-state index contributed by atoms with van der Waals surface area (Å²) in [4.78, 5) is 23.2. The lowest BCUT2D eigenvalue weighted by Gasteiger charge is -2.23. The molecule has 1 heterocycles. The molecule has 0 fully saturated rings. The van der Waals surface area contributed by atoms with E-state index in [9.17, 15) is 9.18 Å². The Morgan fingerprint density at radius 3 is 2.55 bits per heavy atom. The zero-order chi connectivity index (χ0) is 24.0. The van der Waals surface area contributed by atoms with Crippen molar-refractivity contribution in [2.24, 2.45) is 0 Å². The average molecular weight is 513 g/mol. The van der Waals surface area contributed by atoms with Gasteiger partial charge in [-0.3, -0.25) is 0 Å². The first-order chi connectivity index (χ1) is 15.8. The molecule has 2 aromatic carbocycles. The summed E-state index contributed by atoms with van der Waals surface area (Å²) >= 11 is 18.3. The van der Waals surface area contributed by atoms with Crippen molar-refractivity contribution in [3.63, 3.8) is 0 Å². The molecule has 0 aliphatic carbocycles. The van der Waals surface area contributed by atoms with Crippen LogP contribution in [-0.4, -0.2) is 35.8 Å². The normalized spacial score (nSPS) is 11.7. The number of carbonyl (C=O) groups is 1. The Morgan fingerprint density at radius 1 is 1.12 bits per heavy atom. The number of aromatic nitrogens is 2. The van der Waals surface area contributed by atoms with Gasteiger partial charge in [0.25, 0.3) is 0 Å². The van der Waals surface area contributed by atoms with Crippen LogP contribution in [0.1, 0.15) is 12.5 Å². The summed E-state index contributed by atoms with van der Waals surface area (Å²) in [6.45, 7) is 2.43. The van der Waals surface area contributed by atoms with E-state index in [1.165, 1.54) is 35.4 Å². The zero-order valence-electron chi connectivity index (χ0n) is 17.8. The lowest BCUT2D eigenvalue weighted by Crippen LogP contribution is -2.37. The number of methoxy groups -OCH3 is 1. The second kappa shape index (κ2) is 11.5. The molecule has 0 aliphatic heterocycles. The van der Waals surface area contributed by atoms with Crippen molar-refractivity contribution in [3.05, 3.63) is 75.1 Å². The van der Waals surface area contributed by atoms with Gasteiger partial charge in [-0.1, -0.05) is 40.9 Å². The summed E-state index contributed by atoms with van der Waals surface area (Å²) in [7, 11) is 1.59. The highest BCUT2D eigenvalue weighted by Crippen LogP contribution is 2.33. The third kappa shape index (κ3) is 6.45. The molecule has 0 bridgehead atoms. The number of hydrogen-bond donors (Lipinski definition) is 2. The van der Waals surface area contributed by atoms with Gasteiger partial charge in [-0.25, -0.2) is 19.1 Å². The van der Waals surface area contributed by atoms with Gasteiger partial charge in [0.15, 0.2) is 0 Å². The van der Waals surface area contributed by atoms with E-state index in [0.29, 0.717) is 28.8 Å². The summed E-state index contributed by atoms with van der Waals surface area (Å²) < 4.78 is 18.6. The fourth-order valence-corrected chi connectivity index (χ4v) is 3.57. The molecule has 7 nitrogen and oxygen atoms in total. The molecule has 1 atom stereocenters. The van der Waals surface area contributed by atoms with E-state index in [1.54, 1.807) is 25.3 Å². The molecule has 0 spiro atoms. The second-order valence-electron chi connectivity index (χ2n) is 7.04. The zero-order valence-corrected chi connectivity index (χ0v) is 20.0. The van der Waals surface area contributed by atoms with Gasteiger partial charge in [0, 0.05) is 32.0 Å². The minimum atomic E-state index is -0.515. The fourth-order valence-electron chi connectivity index (χ4n) is 2.95. The number of urea groups is 1. The van der Waals surface area contributed by atoms with Gasteiger partial charge in [-0.15, -0.1) is 0 Å². The Bertz CT molecular complexity index is 1120. The quantitative estimate of drug-likeness (QED) is 0.358. The van der Waals surface area contributed by atoms with Crippen molar-refractivity contribution in [3.8, 4) is 0 Å². The molecule has 3 aromatic rings. The topological polar surface area (TPSA) is 79.4 Å². The largest absolute Gasteiger partial charge is 0.383 e.